The van der Waals surface area contributed by atoms with Crippen LogP contribution in [0.1, 0.15) is 25.0 Å². The number of rotatable bonds is 3. The maximum atomic E-state index is 3.56. The van der Waals surface area contributed by atoms with E-state index in [0.717, 1.165) is 4.47 Å². The predicted molar refractivity (Wildman–Crippen MR) is 177 cm³/mol. The lowest BCUT2D eigenvalue weighted by Crippen LogP contribution is -2.18. The number of para-hydroxylation sites is 1. The maximum absolute atomic E-state index is 3.56. The van der Waals surface area contributed by atoms with Gasteiger partial charge in [-0.2, -0.15) is 0 Å². The predicted octanol–water partition coefficient (Wildman–Crippen LogP) is 11.2. The highest BCUT2D eigenvalue weighted by Crippen LogP contribution is 2.51. The monoisotopic (exact) mass is 589 g/mol. The molecule has 0 unspecified atom stereocenters. The first-order chi connectivity index (χ1) is 20.0. The van der Waals surface area contributed by atoms with Crippen molar-refractivity contribution in [1.82, 2.24) is 4.57 Å². The molecule has 0 spiro atoms. The zero-order chi connectivity index (χ0) is 27.7. The molecule has 0 N–H and O–H groups in total. The van der Waals surface area contributed by atoms with E-state index in [9.17, 15) is 0 Å². The minimum Gasteiger partial charge on any atom is -0.309 e. The van der Waals surface area contributed by atoms with Crippen LogP contribution in [0.2, 0.25) is 0 Å². The smallest absolute Gasteiger partial charge is 0.0547 e. The molecule has 196 valence electrons. The van der Waals surface area contributed by atoms with Crippen LogP contribution in [0.3, 0.4) is 0 Å². The molecule has 0 aliphatic heterocycles. The Kier molecular flexibility index (Phi) is 5.39. The van der Waals surface area contributed by atoms with Crippen molar-refractivity contribution in [2.75, 3.05) is 0 Å². The SMILES string of the molecule is CC1(C)c2ccccc2-c2cccc(-n3c4ccccc4c4ccc(-c5cccc(-c6ccc(Br)cc6)c5)cc43)c21. The lowest BCUT2D eigenvalue weighted by molar-refractivity contribution is 0.656. The van der Waals surface area contributed by atoms with Gasteiger partial charge in [-0.05, 0) is 80.9 Å². The lowest BCUT2D eigenvalue weighted by Gasteiger charge is -2.25. The molecule has 8 rings (SSSR count). The fraction of sp³-hybridized carbons (Fsp3) is 0.0769. The molecule has 1 aromatic heterocycles. The second kappa shape index (κ2) is 9.06. The second-order valence-corrected chi connectivity index (χ2v) is 12.5. The van der Waals surface area contributed by atoms with Crippen LogP contribution >= 0.6 is 15.9 Å². The van der Waals surface area contributed by atoms with Crippen molar-refractivity contribution >= 4 is 37.7 Å². The van der Waals surface area contributed by atoms with Crippen molar-refractivity contribution in [3.8, 4) is 39.1 Å². The summed E-state index contributed by atoms with van der Waals surface area (Å²) in [5, 5.41) is 2.56. The summed E-state index contributed by atoms with van der Waals surface area (Å²) in [7, 11) is 0. The van der Waals surface area contributed by atoms with E-state index in [1.54, 1.807) is 0 Å². The van der Waals surface area contributed by atoms with Crippen LogP contribution in [0.4, 0.5) is 0 Å². The van der Waals surface area contributed by atoms with Crippen LogP contribution < -0.4 is 0 Å². The number of hydrogen-bond acceptors (Lipinski definition) is 0. The fourth-order valence-corrected chi connectivity index (χ4v) is 7.20. The van der Waals surface area contributed by atoms with Gasteiger partial charge in [0, 0.05) is 20.7 Å². The van der Waals surface area contributed by atoms with Gasteiger partial charge in [0.2, 0.25) is 0 Å². The Labute approximate surface area is 248 Å². The Morgan fingerprint density at radius 3 is 2.00 bits per heavy atom. The van der Waals surface area contributed by atoms with E-state index in [-0.39, 0.29) is 5.41 Å². The first kappa shape index (κ1) is 24.4. The number of halogens is 1. The van der Waals surface area contributed by atoms with Crippen molar-refractivity contribution in [2.24, 2.45) is 0 Å². The Morgan fingerprint density at radius 2 is 1.15 bits per heavy atom. The number of hydrogen-bond donors (Lipinski definition) is 0. The van der Waals surface area contributed by atoms with Gasteiger partial charge in [-0.25, -0.2) is 0 Å². The molecule has 2 heteroatoms. The number of fused-ring (bicyclic) bond motifs is 6. The van der Waals surface area contributed by atoms with Gasteiger partial charge < -0.3 is 4.57 Å². The third-order valence-electron chi connectivity index (χ3n) is 8.85. The van der Waals surface area contributed by atoms with Crippen LogP contribution in [0, 0.1) is 0 Å². The minimum atomic E-state index is -0.100. The molecule has 0 atom stereocenters. The van der Waals surface area contributed by atoms with E-state index in [0.29, 0.717) is 0 Å². The van der Waals surface area contributed by atoms with Crippen LogP contribution in [0.15, 0.2) is 138 Å². The topological polar surface area (TPSA) is 4.93 Å². The molecule has 1 nitrogen and oxygen atoms in total. The Balaban J connectivity index is 1.37. The van der Waals surface area contributed by atoms with Crippen molar-refractivity contribution < 1.29 is 0 Å². The molecule has 41 heavy (non-hydrogen) atoms. The number of nitrogens with zero attached hydrogens (tertiary/aromatic N) is 1. The zero-order valence-corrected chi connectivity index (χ0v) is 24.6. The molecule has 0 amide bonds. The van der Waals surface area contributed by atoms with Crippen LogP contribution in [-0.4, -0.2) is 4.57 Å². The van der Waals surface area contributed by atoms with E-state index in [4.69, 9.17) is 0 Å². The molecule has 0 bridgehead atoms. The summed E-state index contributed by atoms with van der Waals surface area (Å²) in [4.78, 5) is 0. The molecule has 0 saturated carbocycles. The molecule has 7 aromatic rings. The van der Waals surface area contributed by atoms with E-state index in [1.807, 2.05) is 0 Å². The van der Waals surface area contributed by atoms with Crippen molar-refractivity contribution in [3.63, 3.8) is 0 Å². The molecule has 1 aliphatic rings. The fourth-order valence-electron chi connectivity index (χ4n) is 6.94. The minimum absolute atomic E-state index is 0.100. The normalized spacial score (nSPS) is 13.4. The molecule has 1 heterocycles. The number of benzene rings is 6. The van der Waals surface area contributed by atoms with Gasteiger partial charge in [0.25, 0.3) is 0 Å². The van der Waals surface area contributed by atoms with E-state index >= 15 is 0 Å². The van der Waals surface area contributed by atoms with Gasteiger partial charge in [-0.1, -0.05) is 127 Å². The highest BCUT2D eigenvalue weighted by atomic mass is 79.9. The molecule has 0 radical (unpaired) electrons. The largest absolute Gasteiger partial charge is 0.309 e. The summed E-state index contributed by atoms with van der Waals surface area (Å²) in [6.45, 7) is 4.74. The standard InChI is InChI=1S/C39H28BrN/c1-39(2)34-14-5-3-11-30(34)33-13-8-16-36(38(33)39)41-35-15-6-4-12-31(35)32-22-19-28(24-37(32)41)27-10-7-9-26(23-27)25-17-20-29(40)21-18-25/h3-24H,1-2H3. The Hall–Kier alpha value is -4.40. The van der Waals surface area contributed by atoms with E-state index in [2.05, 4.69) is 168 Å². The highest BCUT2D eigenvalue weighted by molar-refractivity contribution is 9.10. The van der Waals surface area contributed by atoms with Crippen LogP contribution in [0.5, 0.6) is 0 Å². The van der Waals surface area contributed by atoms with Gasteiger partial charge in [-0.15, -0.1) is 0 Å². The van der Waals surface area contributed by atoms with Crippen molar-refractivity contribution in [3.05, 3.63) is 149 Å². The van der Waals surface area contributed by atoms with E-state index < -0.39 is 0 Å². The maximum Gasteiger partial charge on any atom is 0.0547 e. The third-order valence-corrected chi connectivity index (χ3v) is 9.37. The summed E-state index contributed by atoms with van der Waals surface area (Å²) in [5.41, 5.74) is 14.0. The van der Waals surface area contributed by atoms with Crippen molar-refractivity contribution in [1.29, 1.82) is 0 Å². The summed E-state index contributed by atoms with van der Waals surface area (Å²) in [6.07, 6.45) is 0. The summed E-state index contributed by atoms with van der Waals surface area (Å²) in [6, 6.07) is 48.9. The van der Waals surface area contributed by atoms with Crippen LogP contribution in [-0.2, 0) is 5.41 Å². The first-order valence-electron chi connectivity index (χ1n) is 14.1. The number of aromatic nitrogens is 1. The van der Waals surface area contributed by atoms with Crippen molar-refractivity contribution in [2.45, 2.75) is 19.3 Å². The van der Waals surface area contributed by atoms with Crippen LogP contribution in [0.25, 0.3) is 60.9 Å². The summed E-state index contributed by atoms with van der Waals surface area (Å²) < 4.78 is 3.59. The van der Waals surface area contributed by atoms with Gasteiger partial charge >= 0.3 is 0 Å². The molecule has 0 fully saturated rings. The molecule has 1 aliphatic carbocycles. The molecular weight excluding hydrogens is 562 g/mol. The quantitative estimate of drug-likeness (QED) is 0.193. The average Bonchev–Trinajstić information content (AvgIpc) is 3.46. The van der Waals surface area contributed by atoms with Gasteiger partial charge in [-0.3, -0.25) is 0 Å². The lowest BCUT2D eigenvalue weighted by atomic mass is 9.81. The third kappa shape index (κ3) is 3.67. The zero-order valence-electron chi connectivity index (χ0n) is 23.0. The summed E-state index contributed by atoms with van der Waals surface area (Å²) in [5.74, 6) is 0. The highest BCUT2D eigenvalue weighted by Gasteiger charge is 2.37. The Morgan fingerprint density at radius 1 is 0.512 bits per heavy atom. The molecular formula is C39H28BrN. The molecule has 6 aromatic carbocycles. The second-order valence-electron chi connectivity index (χ2n) is 11.5. The van der Waals surface area contributed by atoms with E-state index in [1.165, 1.54) is 72.0 Å². The van der Waals surface area contributed by atoms with Gasteiger partial charge in [0.15, 0.2) is 0 Å². The average molecular weight is 591 g/mol. The van der Waals surface area contributed by atoms with Gasteiger partial charge in [0.1, 0.15) is 0 Å². The first-order valence-corrected chi connectivity index (χ1v) is 14.9. The Bertz CT molecular complexity index is 2130. The van der Waals surface area contributed by atoms with Gasteiger partial charge in [0.05, 0.1) is 16.7 Å². The summed E-state index contributed by atoms with van der Waals surface area (Å²) >= 11 is 3.56. The molecule has 0 saturated heterocycles.